The number of nitrogens with two attached hydrogens (primary N) is 1. The Labute approximate surface area is 114 Å². The molecule has 0 aliphatic rings. The number of nitrogens with zero attached hydrogens (tertiary/aromatic N) is 1. The standard InChI is InChI=1S/C10H6BrClN2O2S/c11-4-1-2-6(12)5(3-4)8-7(9(15)16)14-10(13)17-8/h1-3H,(H2,13,14)(H,15,16). The van der Waals surface area contributed by atoms with E-state index < -0.39 is 5.97 Å². The van der Waals surface area contributed by atoms with E-state index in [0.29, 0.717) is 15.5 Å². The Morgan fingerprint density at radius 3 is 2.88 bits per heavy atom. The summed E-state index contributed by atoms with van der Waals surface area (Å²) in [5.74, 6) is -1.12. The number of anilines is 1. The number of hydrogen-bond acceptors (Lipinski definition) is 4. The molecule has 1 aromatic heterocycles. The van der Waals surface area contributed by atoms with Crippen LogP contribution in [0.25, 0.3) is 10.4 Å². The summed E-state index contributed by atoms with van der Waals surface area (Å²) < 4.78 is 0.806. The van der Waals surface area contributed by atoms with Gasteiger partial charge < -0.3 is 10.8 Å². The van der Waals surface area contributed by atoms with Crippen molar-refractivity contribution in [2.24, 2.45) is 0 Å². The van der Waals surface area contributed by atoms with Crippen LogP contribution in [0.15, 0.2) is 22.7 Å². The van der Waals surface area contributed by atoms with Crippen molar-refractivity contribution in [1.29, 1.82) is 0 Å². The second-order valence-electron chi connectivity index (χ2n) is 3.16. The molecular weight excluding hydrogens is 328 g/mol. The summed E-state index contributed by atoms with van der Waals surface area (Å²) in [5.41, 5.74) is 6.06. The zero-order chi connectivity index (χ0) is 12.6. The number of hydrogen-bond donors (Lipinski definition) is 2. The van der Waals surface area contributed by atoms with E-state index in [1.807, 2.05) is 0 Å². The molecule has 88 valence electrons. The lowest BCUT2D eigenvalue weighted by molar-refractivity contribution is 0.0692. The first kappa shape index (κ1) is 12.3. The van der Waals surface area contributed by atoms with Crippen LogP contribution in [-0.2, 0) is 0 Å². The van der Waals surface area contributed by atoms with E-state index in [4.69, 9.17) is 22.4 Å². The maximum absolute atomic E-state index is 11.0. The number of benzene rings is 1. The van der Waals surface area contributed by atoms with Crippen molar-refractivity contribution in [3.63, 3.8) is 0 Å². The number of carboxylic acid groups (broad SMARTS) is 1. The van der Waals surface area contributed by atoms with E-state index in [2.05, 4.69) is 20.9 Å². The first-order valence-electron chi connectivity index (χ1n) is 4.44. The second-order valence-corrected chi connectivity index (χ2v) is 5.51. The second kappa shape index (κ2) is 4.64. The zero-order valence-corrected chi connectivity index (χ0v) is 11.4. The highest BCUT2D eigenvalue weighted by Crippen LogP contribution is 2.37. The average molecular weight is 334 g/mol. The SMILES string of the molecule is Nc1nc(C(=O)O)c(-c2cc(Br)ccc2Cl)s1. The van der Waals surface area contributed by atoms with Gasteiger partial charge in [0.05, 0.1) is 4.88 Å². The van der Waals surface area contributed by atoms with Crippen LogP contribution in [-0.4, -0.2) is 16.1 Å². The van der Waals surface area contributed by atoms with Gasteiger partial charge >= 0.3 is 5.97 Å². The smallest absolute Gasteiger partial charge is 0.356 e. The molecule has 3 N–H and O–H groups in total. The molecule has 0 atom stereocenters. The Bertz CT molecular complexity index is 600. The van der Waals surface area contributed by atoms with Crippen molar-refractivity contribution in [2.45, 2.75) is 0 Å². The maximum atomic E-state index is 11.0. The van der Waals surface area contributed by atoms with Crippen LogP contribution in [0, 0.1) is 0 Å². The fourth-order valence-electron chi connectivity index (χ4n) is 1.34. The van der Waals surface area contributed by atoms with Crippen molar-refractivity contribution in [3.05, 3.63) is 33.4 Å². The minimum absolute atomic E-state index is 0.0764. The molecular formula is C10H6BrClN2O2S. The third kappa shape index (κ3) is 2.43. The Balaban J connectivity index is 2.67. The van der Waals surface area contributed by atoms with Gasteiger partial charge in [-0.25, -0.2) is 9.78 Å². The van der Waals surface area contributed by atoms with E-state index in [9.17, 15) is 4.79 Å². The van der Waals surface area contributed by atoms with Crippen molar-refractivity contribution >= 4 is 50.0 Å². The topological polar surface area (TPSA) is 76.2 Å². The van der Waals surface area contributed by atoms with Gasteiger partial charge in [-0.05, 0) is 18.2 Å². The van der Waals surface area contributed by atoms with E-state index in [1.54, 1.807) is 18.2 Å². The number of carbonyl (C=O) groups is 1. The maximum Gasteiger partial charge on any atom is 0.356 e. The predicted octanol–water partition coefficient (Wildman–Crippen LogP) is 3.51. The highest BCUT2D eigenvalue weighted by atomic mass is 79.9. The monoisotopic (exact) mass is 332 g/mol. The molecule has 0 bridgehead atoms. The molecule has 2 aromatic rings. The third-order valence-electron chi connectivity index (χ3n) is 2.02. The van der Waals surface area contributed by atoms with Gasteiger partial charge in [0.25, 0.3) is 0 Å². The van der Waals surface area contributed by atoms with Crippen LogP contribution in [0.3, 0.4) is 0 Å². The zero-order valence-electron chi connectivity index (χ0n) is 8.28. The largest absolute Gasteiger partial charge is 0.476 e. The average Bonchev–Trinajstić information content (AvgIpc) is 2.64. The number of rotatable bonds is 2. The molecule has 0 aliphatic carbocycles. The van der Waals surface area contributed by atoms with Gasteiger partial charge in [-0.15, -0.1) is 0 Å². The third-order valence-corrected chi connectivity index (χ3v) is 3.76. The summed E-state index contributed by atoms with van der Waals surface area (Å²) in [7, 11) is 0. The predicted molar refractivity (Wildman–Crippen MR) is 71.6 cm³/mol. The number of nitrogen functional groups attached to an aromatic ring is 1. The highest BCUT2D eigenvalue weighted by Gasteiger charge is 2.19. The Morgan fingerprint density at radius 1 is 1.53 bits per heavy atom. The molecule has 0 radical (unpaired) electrons. The van der Waals surface area contributed by atoms with Crippen molar-refractivity contribution in [1.82, 2.24) is 4.98 Å². The molecule has 0 saturated heterocycles. The first-order chi connectivity index (χ1) is 7.99. The molecule has 7 heteroatoms. The van der Waals surface area contributed by atoms with Crippen LogP contribution in [0.4, 0.5) is 5.13 Å². The molecule has 0 unspecified atom stereocenters. The molecule has 17 heavy (non-hydrogen) atoms. The fourth-order valence-corrected chi connectivity index (χ4v) is 2.82. The summed E-state index contributed by atoms with van der Waals surface area (Å²) in [6, 6.07) is 5.20. The van der Waals surface area contributed by atoms with E-state index in [-0.39, 0.29) is 10.8 Å². The number of carboxylic acids is 1. The van der Waals surface area contributed by atoms with Gasteiger partial charge in [-0.1, -0.05) is 38.9 Å². The number of aromatic nitrogens is 1. The Hall–Kier alpha value is -1.11. The van der Waals surface area contributed by atoms with Gasteiger partial charge in [0.2, 0.25) is 0 Å². The Kier molecular flexibility index (Phi) is 3.37. The van der Waals surface area contributed by atoms with Gasteiger partial charge in [0.15, 0.2) is 10.8 Å². The molecule has 0 amide bonds. The van der Waals surface area contributed by atoms with Crippen molar-refractivity contribution < 1.29 is 9.90 Å². The molecule has 4 nitrogen and oxygen atoms in total. The summed E-state index contributed by atoms with van der Waals surface area (Å²) in [6.45, 7) is 0. The first-order valence-corrected chi connectivity index (χ1v) is 6.43. The number of halogens is 2. The number of aromatic carboxylic acids is 1. The lowest BCUT2D eigenvalue weighted by Gasteiger charge is -2.02. The summed E-state index contributed by atoms with van der Waals surface area (Å²) in [5, 5.41) is 9.69. The summed E-state index contributed by atoms with van der Waals surface area (Å²) in [6.07, 6.45) is 0. The highest BCUT2D eigenvalue weighted by molar-refractivity contribution is 9.10. The van der Waals surface area contributed by atoms with Gasteiger partial charge in [0, 0.05) is 15.1 Å². The van der Waals surface area contributed by atoms with E-state index >= 15 is 0 Å². The lowest BCUT2D eigenvalue weighted by Crippen LogP contribution is -1.99. The van der Waals surface area contributed by atoms with Crippen molar-refractivity contribution in [3.8, 4) is 10.4 Å². The molecule has 0 fully saturated rings. The van der Waals surface area contributed by atoms with Crippen LogP contribution in [0.2, 0.25) is 5.02 Å². The minimum atomic E-state index is -1.12. The van der Waals surface area contributed by atoms with Crippen molar-refractivity contribution in [2.75, 3.05) is 5.73 Å². The quantitative estimate of drug-likeness (QED) is 0.882. The number of thiazole rings is 1. The van der Waals surface area contributed by atoms with Gasteiger partial charge in [0.1, 0.15) is 0 Å². The molecule has 0 saturated carbocycles. The van der Waals surface area contributed by atoms with Crippen LogP contribution in [0.1, 0.15) is 10.5 Å². The van der Waals surface area contributed by atoms with Crippen LogP contribution in [0.5, 0.6) is 0 Å². The summed E-state index contributed by atoms with van der Waals surface area (Å²) in [4.78, 5) is 15.3. The van der Waals surface area contributed by atoms with Gasteiger partial charge in [-0.2, -0.15) is 0 Å². The van der Waals surface area contributed by atoms with Crippen LogP contribution < -0.4 is 5.73 Å². The molecule has 1 aromatic carbocycles. The minimum Gasteiger partial charge on any atom is -0.476 e. The fraction of sp³-hybridized carbons (Fsp3) is 0. The normalized spacial score (nSPS) is 10.5. The lowest BCUT2D eigenvalue weighted by atomic mass is 10.1. The van der Waals surface area contributed by atoms with Gasteiger partial charge in [-0.3, -0.25) is 0 Å². The summed E-state index contributed by atoms with van der Waals surface area (Å²) >= 11 is 10.4. The molecule has 0 aliphatic heterocycles. The molecule has 1 heterocycles. The van der Waals surface area contributed by atoms with E-state index in [1.165, 1.54) is 0 Å². The molecule has 2 rings (SSSR count). The molecule has 0 spiro atoms. The van der Waals surface area contributed by atoms with E-state index in [0.717, 1.165) is 15.8 Å². The van der Waals surface area contributed by atoms with Crippen LogP contribution >= 0.6 is 38.9 Å². The Morgan fingerprint density at radius 2 is 2.24 bits per heavy atom.